The van der Waals surface area contributed by atoms with Crippen LogP contribution in [0, 0.1) is 34.5 Å². The lowest BCUT2D eigenvalue weighted by Gasteiger charge is -2.60. The Hall–Kier alpha value is -1.38. The highest BCUT2D eigenvalue weighted by Gasteiger charge is 2.60. The van der Waals surface area contributed by atoms with Gasteiger partial charge in [0.05, 0.1) is 17.4 Å². The minimum absolute atomic E-state index is 0.380. The quantitative estimate of drug-likeness (QED) is 0.511. The van der Waals surface area contributed by atoms with E-state index in [2.05, 4.69) is 49.0 Å². The Kier molecular flexibility index (Phi) is 4.00. The summed E-state index contributed by atoms with van der Waals surface area (Å²) in [6, 6.07) is 9.20. The summed E-state index contributed by atoms with van der Waals surface area (Å²) in [5.74, 6) is 3.14. The molecule has 5 unspecified atom stereocenters. The van der Waals surface area contributed by atoms with Crippen LogP contribution in [-0.2, 0) is 0 Å². The van der Waals surface area contributed by atoms with Crippen molar-refractivity contribution in [1.29, 1.82) is 0 Å². The van der Waals surface area contributed by atoms with E-state index in [0.717, 1.165) is 42.5 Å². The second-order valence-corrected chi connectivity index (χ2v) is 11.3. The predicted octanol–water partition coefficient (Wildman–Crippen LogP) is 6.96. The molecule has 1 aromatic heterocycles. The maximum atomic E-state index is 14.2. The summed E-state index contributed by atoms with van der Waals surface area (Å²) in [6.07, 6.45) is 12.3. The van der Waals surface area contributed by atoms with Gasteiger partial charge in [0, 0.05) is 6.04 Å². The number of rotatable bonds is 1. The highest BCUT2D eigenvalue weighted by molar-refractivity contribution is 5.75. The van der Waals surface area contributed by atoms with Gasteiger partial charge in [-0.25, -0.2) is 9.37 Å². The molecule has 4 aliphatic rings. The van der Waals surface area contributed by atoms with E-state index >= 15 is 0 Å². The molecule has 1 aromatic carbocycles. The fourth-order valence-electron chi connectivity index (χ4n) is 8.86. The van der Waals surface area contributed by atoms with Gasteiger partial charge in [0.25, 0.3) is 0 Å². The lowest BCUT2D eigenvalue weighted by Crippen LogP contribution is -2.53. The molecule has 29 heavy (non-hydrogen) atoms. The van der Waals surface area contributed by atoms with Gasteiger partial charge >= 0.3 is 0 Å². The molecule has 6 rings (SSSR count). The zero-order valence-electron chi connectivity index (χ0n) is 18.0. The van der Waals surface area contributed by atoms with Crippen LogP contribution in [0.1, 0.15) is 77.7 Å². The first kappa shape index (κ1) is 18.4. The van der Waals surface area contributed by atoms with Gasteiger partial charge in [-0.3, -0.25) is 0 Å². The molecule has 2 aromatic rings. The maximum Gasteiger partial charge on any atom is 0.100 e. The number of alkyl halides is 1. The molecular formula is C26H35FN2. The van der Waals surface area contributed by atoms with Crippen LogP contribution in [0.5, 0.6) is 0 Å². The third-order valence-electron chi connectivity index (χ3n) is 10.4. The zero-order chi connectivity index (χ0) is 19.8. The van der Waals surface area contributed by atoms with Gasteiger partial charge in [-0.1, -0.05) is 26.0 Å². The van der Waals surface area contributed by atoms with Crippen LogP contribution in [0.2, 0.25) is 0 Å². The SMILES string of the molecule is C[C@]12CC[C@H](F)CC1CCC1C2CC[C@@]2(C)C1CCC2n1cnc2ccccc21. The fraction of sp³-hybridized carbons (Fsp3) is 0.731. The molecule has 2 nitrogen and oxygen atoms in total. The summed E-state index contributed by atoms with van der Waals surface area (Å²) in [6.45, 7) is 5.13. The summed E-state index contributed by atoms with van der Waals surface area (Å²) >= 11 is 0. The van der Waals surface area contributed by atoms with Gasteiger partial charge in [0.2, 0.25) is 0 Å². The van der Waals surface area contributed by atoms with Crippen molar-refractivity contribution in [2.24, 2.45) is 34.5 Å². The first-order valence-electron chi connectivity index (χ1n) is 12.1. The monoisotopic (exact) mass is 394 g/mol. The topological polar surface area (TPSA) is 17.8 Å². The van der Waals surface area contributed by atoms with Gasteiger partial charge in [-0.15, -0.1) is 0 Å². The molecule has 0 saturated heterocycles. The van der Waals surface area contributed by atoms with Crippen LogP contribution in [0.15, 0.2) is 30.6 Å². The van der Waals surface area contributed by atoms with E-state index < -0.39 is 6.17 Å². The average molecular weight is 395 g/mol. The molecule has 0 radical (unpaired) electrons. The summed E-state index contributed by atoms with van der Waals surface area (Å²) < 4.78 is 16.7. The Labute approximate surface area is 174 Å². The Morgan fingerprint density at radius 3 is 2.62 bits per heavy atom. The van der Waals surface area contributed by atoms with E-state index in [9.17, 15) is 4.39 Å². The smallest absolute Gasteiger partial charge is 0.100 e. The Morgan fingerprint density at radius 1 is 0.931 bits per heavy atom. The van der Waals surface area contributed by atoms with E-state index in [0.29, 0.717) is 22.8 Å². The maximum absolute atomic E-state index is 14.2. The number of aromatic nitrogens is 2. The third kappa shape index (κ3) is 2.48. The molecule has 8 atom stereocenters. The van der Waals surface area contributed by atoms with Crippen LogP contribution in [0.25, 0.3) is 11.0 Å². The number of hydrogen-bond donors (Lipinski definition) is 0. The van der Waals surface area contributed by atoms with Gasteiger partial charge in [0.15, 0.2) is 0 Å². The van der Waals surface area contributed by atoms with Crippen LogP contribution < -0.4 is 0 Å². The number of nitrogens with zero attached hydrogens (tertiary/aromatic N) is 2. The highest BCUT2D eigenvalue weighted by Crippen LogP contribution is 2.68. The molecule has 4 aliphatic carbocycles. The van der Waals surface area contributed by atoms with Gasteiger partial charge in [-0.2, -0.15) is 0 Å². The molecule has 0 N–H and O–H groups in total. The van der Waals surface area contributed by atoms with Crippen molar-refractivity contribution in [3.8, 4) is 0 Å². The van der Waals surface area contributed by atoms with Gasteiger partial charge in [0.1, 0.15) is 6.17 Å². The summed E-state index contributed by atoms with van der Waals surface area (Å²) in [7, 11) is 0. The first-order valence-corrected chi connectivity index (χ1v) is 12.1. The Bertz CT molecular complexity index is 920. The van der Waals surface area contributed by atoms with E-state index in [4.69, 9.17) is 4.98 Å². The number of benzene rings is 1. The number of para-hydroxylation sites is 2. The van der Waals surface area contributed by atoms with Crippen molar-refractivity contribution in [3.05, 3.63) is 30.6 Å². The first-order chi connectivity index (χ1) is 14.0. The summed E-state index contributed by atoms with van der Waals surface area (Å²) in [5.41, 5.74) is 3.21. The second-order valence-electron chi connectivity index (χ2n) is 11.3. The fourth-order valence-corrected chi connectivity index (χ4v) is 8.86. The van der Waals surface area contributed by atoms with Crippen molar-refractivity contribution in [3.63, 3.8) is 0 Å². The molecule has 4 fully saturated rings. The third-order valence-corrected chi connectivity index (χ3v) is 10.4. The molecule has 4 saturated carbocycles. The van der Waals surface area contributed by atoms with Gasteiger partial charge < -0.3 is 4.57 Å². The molecule has 0 spiro atoms. The molecule has 1 heterocycles. The minimum Gasteiger partial charge on any atom is -0.327 e. The predicted molar refractivity (Wildman–Crippen MR) is 115 cm³/mol. The van der Waals surface area contributed by atoms with Crippen LogP contribution in [0.3, 0.4) is 0 Å². The average Bonchev–Trinajstić information content (AvgIpc) is 3.29. The van der Waals surface area contributed by atoms with Crippen molar-refractivity contribution >= 4 is 11.0 Å². The largest absolute Gasteiger partial charge is 0.327 e. The standard InChI is InChI=1S/C26H35FN2/c1-25-13-11-18(27)15-17(25)7-8-19-20-9-10-24(26(20,2)14-12-21(19)25)29-16-28-22-5-3-4-6-23(22)29/h3-6,16-21,24H,7-15H2,1-2H3/t17?,18-,19?,20?,21?,24?,25-,26-/m0/s1. The Balaban J connectivity index is 1.33. The van der Waals surface area contributed by atoms with E-state index in [1.54, 1.807) is 0 Å². The number of fused-ring (bicyclic) bond motifs is 6. The molecule has 3 heteroatoms. The van der Waals surface area contributed by atoms with Crippen LogP contribution in [0.4, 0.5) is 4.39 Å². The lowest BCUT2D eigenvalue weighted by molar-refractivity contribution is -0.118. The Morgan fingerprint density at radius 2 is 1.72 bits per heavy atom. The number of halogens is 1. The van der Waals surface area contributed by atoms with Crippen molar-refractivity contribution in [2.75, 3.05) is 0 Å². The van der Waals surface area contributed by atoms with Crippen LogP contribution in [-0.4, -0.2) is 15.7 Å². The molecular weight excluding hydrogens is 359 g/mol. The van der Waals surface area contributed by atoms with Crippen LogP contribution >= 0.6 is 0 Å². The summed E-state index contributed by atoms with van der Waals surface area (Å²) in [4.78, 5) is 4.71. The lowest BCUT2D eigenvalue weighted by atomic mass is 9.45. The summed E-state index contributed by atoms with van der Waals surface area (Å²) in [5, 5.41) is 0. The van der Waals surface area contributed by atoms with E-state index in [1.807, 2.05) is 0 Å². The van der Waals surface area contributed by atoms with Crippen molar-refractivity contribution < 1.29 is 4.39 Å². The van der Waals surface area contributed by atoms with E-state index in [-0.39, 0.29) is 0 Å². The van der Waals surface area contributed by atoms with Gasteiger partial charge in [-0.05, 0) is 104 Å². The molecule has 156 valence electrons. The normalized spacial score (nSPS) is 46.9. The van der Waals surface area contributed by atoms with Crippen molar-refractivity contribution in [2.45, 2.75) is 83.8 Å². The number of imidazole rings is 1. The zero-order valence-corrected chi connectivity index (χ0v) is 18.0. The number of hydrogen-bond acceptors (Lipinski definition) is 1. The van der Waals surface area contributed by atoms with E-state index in [1.165, 1.54) is 44.0 Å². The molecule has 0 aliphatic heterocycles. The molecule has 0 amide bonds. The second kappa shape index (κ2) is 6.31. The molecule has 0 bridgehead atoms. The highest BCUT2D eigenvalue weighted by atomic mass is 19.1. The minimum atomic E-state index is -0.538. The van der Waals surface area contributed by atoms with Crippen molar-refractivity contribution in [1.82, 2.24) is 9.55 Å².